The van der Waals surface area contributed by atoms with Gasteiger partial charge in [-0.25, -0.2) is 0 Å². The Morgan fingerprint density at radius 2 is 2.40 bits per heavy atom. The predicted molar refractivity (Wildman–Crippen MR) is 57.5 cm³/mol. The number of amides is 1. The van der Waals surface area contributed by atoms with Crippen LogP contribution >= 0.6 is 0 Å². The van der Waals surface area contributed by atoms with Crippen LogP contribution in [-0.4, -0.2) is 38.3 Å². The smallest absolute Gasteiger partial charge is 0.223 e. The minimum Gasteiger partial charge on any atom is -0.374 e. The Morgan fingerprint density at radius 3 is 3.00 bits per heavy atom. The topological polar surface area (TPSA) is 50.4 Å². The molecule has 15 heavy (non-hydrogen) atoms. The molecule has 0 aromatic heterocycles. The fourth-order valence-electron chi connectivity index (χ4n) is 1.94. The van der Waals surface area contributed by atoms with Gasteiger partial charge in [0.15, 0.2) is 0 Å². The molecule has 2 N–H and O–H groups in total. The molecule has 4 heteroatoms. The number of carbonyl (C=O) groups is 1. The molecular formula is C11H20N2O2. The summed E-state index contributed by atoms with van der Waals surface area (Å²) in [6.07, 6.45) is 2.58. The maximum atomic E-state index is 11.7. The molecule has 0 spiro atoms. The van der Waals surface area contributed by atoms with Crippen LogP contribution in [0, 0.1) is 11.8 Å². The van der Waals surface area contributed by atoms with Crippen molar-refractivity contribution in [3.8, 4) is 0 Å². The van der Waals surface area contributed by atoms with Gasteiger partial charge in [0.2, 0.25) is 5.91 Å². The van der Waals surface area contributed by atoms with Crippen LogP contribution in [0.1, 0.15) is 19.8 Å². The second kappa shape index (κ2) is 4.94. The number of morpholine rings is 1. The lowest BCUT2D eigenvalue weighted by atomic mass is 10.1. The van der Waals surface area contributed by atoms with E-state index >= 15 is 0 Å². The first-order chi connectivity index (χ1) is 7.27. The van der Waals surface area contributed by atoms with E-state index in [0.29, 0.717) is 12.5 Å². The second-order valence-corrected chi connectivity index (χ2v) is 4.57. The van der Waals surface area contributed by atoms with Gasteiger partial charge in [-0.05, 0) is 18.8 Å². The Hall–Kier alpha value is -0.610. The molecule has 0 bridgehead atoms. The number of nitrogens with one attached hydrogen (secondary N) is 2. The van der Waals surface area contributed by atoms with Gasteiger partial charge in [-0.1, -0.05) is 6.92 Å². The van der Waals surface area contributed by atoms with E-state index in [9.17, 15) is 4.79 Å². The van der Waals surface area contributed by atoms with Crippen LogP contribution < -0.4 is 10.6 Å². The number of hydrogen-bond acceptors (Lipinski definition) is 3. The maximum absolute atomic E-state index is 11.7. The normalized spacial score (nSPS) is 28.5. The van der Waals surface area contributed by atoms with Crippen molar-refractivity contribution >= 4 is 5.91 Å². The largest absolute Gasteiger partial charge is 0.374 e. The molecule has 0 radical (unpaired) electrons. The highest BCUT2D eigenvalue weighted by Gasteiger charge is 2.32. The number of carbonyl (C=O) groups excluding carboxylic acids is 1. The van der Waals surface area contributed by atoms with E-state index in [0.717, 1.165) is 19.7 Å². The van der Waals surface area contributed by atoms with Crippen molar-refractivity contribution in [1.29, 1.82) is 0 Å². The molecule has 1 saturated carbocycles. The van der Waals surface area contributed by atoms with Gasteiger partial charge in [0.05, 0.1) is 12.7 Å². The molecule has 1 saturated heterocycles. The number of hydrogen-bond donors (Lipinski definition) is 2. The average Bonchev–Trinajstić information content (AvgIpc) is 3.10. The van der Waals surface area contributed by atoms with Gasteiger partial charge in [-0.15, -0.1) is 0 Å². The Labute approximate surface area is 90.8 Å². The molecule has 0 aromatic carbocycles. The second-order valence-electron chi connectivity index (χ2n) is 4.57. The van der Waals surface area contributed by atoms with Crippen LogP contribution in [0.4, 0.5) is 0 Å². The monoisotopic (exact) mass is 212 g/mol. The minimum absolute atomic E-state index is 0.147. The third-order valence-corrected chi connectivity index (χ3v) is 3.25. The van der Waals surface area contributed by atoms with Gasteiger partial charge in [0.25, 0.3) is 0 Å². The van der Waals surface area contributed by atoms with Gasteiger partial charge in [-0.3, -0.25) is 4.79 Å². The summed E-state index contributed by atoms with van der Waals surface area (Å²) >= 11 is 0. The molecule has 86 valence electrons. The van der Waals surface area contributed by atoms with Crippen LogP contribution in [0.25, 0.3) is 0 Å². The summed E-state index contributed by atoms with van der Waals surface area (Å²) in [6, 6.07) is 0. The van der Waals surface area contributed by atoms with E-state index in [4.69, 9.17) is 4.74 Å². The summed E-state index contributed by atoms with van der Waals surface area (Å²) in [7, 11) is 0. The molecule has 2 rings (SSSR count). The van der Waals surface area contributed by atoms with Gasteiger partial charge in [0.1, 0.15) is 0 Å². The maximum Gasteiger partial charge on any atom is 0.223 e. The molecule has 2 unspecified atom stereocenters. The standard InChI is InChI=1S/C11H20N2O2/c1-8(9-2-3-9)11(14)13-7-10-6-12-4-5-15-10/h8-10,12H,2-7H2,1H3,(H,13,14). The molecule has 2 atom stereocenters. The van der Waals surface area contributed by atoms with Crippen LogP contribution in [0.2, 0.25) is 0 Å². The van der Waals surface area contributed by atoms with E-state index in [1.54, 1.807) is 0 Å². The van der Waals surface area contributed by atoms with Gasteiger partial charge < -0.3 is 15.4 Å². The van der Waals surface area contributed by atoms with Gasteiger partial charge in [0, 0.05) is 25.6 Å². The third kappa shape index (κ3) is 3.18. The summed E-state index contributed by atoms with van der Waals surface area (Å²) in [6.45, 7) is 5.18. The zero-order chi connectivity index (χ0) is 10.7. The quantitative estimate of drug-likeness (QED) is 0.697. The molecule has 0 aromatic rings. The zero-order valence-electron chi connectivity index (χ0n) is 9.29. The van der Waals surface area contributed by atoms with Gasteiger partial charge >= 0.3 is 0 Å². The number of rotatable bonds is 4. The fourth-order valence-corrected chi connectivity index (χ4v) is 1.94. The molecule has 1 aliphatic heterocycles. The van der Waals surface area contributed by atoms with Crippen molar-refractivity contribution in [2.24, 2.45) is 11.8 Å². The van der Waals surface area contributed by atoms with Crippen molar-refractivity contribution in [1.82, 2.24) is 10.6 Å². The fraction of sp³-hybridized carbons (Fsp3) is 0.909. The predicted octanol–water partition coefficient (Wildman–Crippen LogP) is 0.137. The van der Waals surface area contributed by atoms with Crippen LogP contribution in [0.5, 0.6) is 0 Å². The lowest BCUT2D eigenvalue weighted by molar-refractivity contribution is -0.125. The van der Waals surface area contributed by atoms with Crippen LogP contribution in [-0.2, 0) is 9.53 Å². The van der Waals surface area contributed by atoms with E-state index in [2.05, 4.69) is 10.6 Å². The van der Waals surface area contributed by atoms with Crippen molar-refractivity contribution in [3.05, 3.63) is 0 Å². The van der Waals surface area contributed by atoms with E-state index in [1.165, 1.54) is 12.8 Å². The molecule has 1 aliphatic carbocycles. The highest BCUT2D eigenvalue weighted by atomic mass is 16.5. The first-order valence-corrected chi connectivity index (χ1v) is 5.87. The Morgan fingerprint density at radius 1 is 1.60 bits per heavy atom. The number of ether oxygens (including phenoxy) is 1. The van der Waals surface area contributed by atoms with Crippen LogP contribution in [0.15, 0.2) is 0 Å². The summed E-state index contributed by atoms with van der Waals surface area (Å²) in [5, 5.41) is 6.22. The van der Waals surface area contributed by atoms with Crippen LogP contribution in [0.3, 0.4) is 0 Å². The zero-order valence-corrected chi connectivity index (χ0v) is 9.29. The molecule has 4 nitrogen and oxygen atoms in total. The Balaban J connectivity index is 1.65. The van der Waals surface area contributed by atoms with Crippen molar-refractivity contribution in [2.45, 2.75) is 25.9 Å². The summed E-state index contributed by atoms with van der Waals surface area (Å²) in [5.41, 5.74) is 0. The Bertz CT molecular complexity index is 223. The van der Waals surface area contributed by atoms with E-state index in [-0.39, 0.29) is 17.9 Å². The molecule has 1 amide bonds. The van der Waals surface area contributed by atoms with E-state index in [1.807, 2.05) is 6.92 Å². The van der Waals surface area contributed by atoms with Crippen molar-refractivity contribution in [2.75, 3.05) is 26.2 Å². The lowest BCUT2D eigenvalue weighted by Gasteiger charge is -2.24. The third-order valence-electron chi connectivity index (χ3n) is 3.25. The summed E-state index contributed by atoms with van der Waals surface area (Å²) in [4.78, 5) is 11.7. The average molecular weight is 212 g/mol. The first-order valence-electron chi connectivity index (χ1n) is 5.87. The lowest BCUT2D eigenvalue weighted by Crippen LogP contribution is -2.46. The van der Waals surface area contributed by atoms with Crippen molar-refractivity contribution in [3.63, 3.8) is 0 Å². The highest BCUT2D eigenvalue weighted by molar-refractivity contribution is 5.78. The minimum atomic E-state index is 0.147. The first kappa shape index (κ1) is 10.9. The van der Waals surface area contributed by atoms with Gasteiger partial charge in [-0.2, -0.15) is 0 Å². The molecule has 2 aliphatic rings. The highest BCUT2D eigenvalue weighted by Crippen LogP contribution is 2.36. The molecular weight excluding hydrogens is 192 g/mol. The molecule has 1 heterocycles. The SMILES string of the molecule is CC(C(=O)NCC1CNCCO1)C1CC1. The van der Waals surface area contributed by atoms with Crippen molar-refractivity contribution < 1.29 is 9.53 Å². The Kier molecular flexibility index (Phi) is 3.59. The summed E-state index contributed by atoms with van der Waals surface area (Å²) in [5.74, 6) is 1.00. The summed E-state index contributed by atoms with van der Waals surface area (Å²) < 4.78 is 5.51. The molecule has 2 fully saturated rings. The van der Waals surface area contributed by atoms with E-state index < -0.39 is 0 Å².